The van der Waals surface area contributed by atoms with Crippen LogP contribution in [0.5, 0.6) is 0 Å². The fourth-order valence-electron chi connectivity index (χ4n) is 1.92. The smallest absolute Gasteiger partial charge is 0.337 e. The Kier molecular flexibility index (Phi) is 6.65. The predicted octanol–water partition coefficient (Wildman–Crippen LogP) is 3.12. The van der Waals surface area contributed by atoms with Crippen LogP contribution in [0.15, 0.2) is 18.5 Å². The first-order valence-electron chi connectivity index (χ1n) is 7.14. The third-order valence-corrected chi connectivity index (χ3v) is 3.04. The van der Waals surface area contributed by atoms with Crippen LogP contribution in [-0.2, 0) is 0 Å². The number of aromatic nitrogens is 1. The molecule has 1 atom stereocenters. The highest BCUT2D eigenvalue weighted by atomic mass is 16.4. The summed E-state index contributed by atoms with van der Waals surface area (Å²) >= 11 is 0. The van der Waals surface area contributed by atoms with Crippen molar-refractivity contribution in [2.45, 2.75) is 46.1 Å². The van der Waals surface area contributed by atoms with Gasteiger partial charge in [0.25, 0.3) is 0 Å². The Morgan fingerprint density at radius 1 is 1.24 bits per heavy atom. The van der Waals surface area contributed by atoms with Crippen LogP contribution in [-0.4, -0.2) is 28.1 Å². The highest BCUT2D eigenvalue weighted by Gasteiger charge is 2.09. The predicted molar refractivity (Wildman–Crippen MR) is 81.5 cm³/mol. The van der Waals surface area contributed by atoms with Crippen LogP contribution >= 0.6 is 0 Å². The molecule has 0 saturated heterocycles. The number of hydrogen-bond acceptors (Lipinski definition) is 3. The second kappa shape index (κ2) is 8.24. The molecule has 6 nitrogen and oxygen atoms in total. The molecule has 0 aliphatic carbocycles. The zero-order valence-electron chi connectivity index (χ0n) is 12.7. The minimum atomic E-state index is -1.08. The Morgan fingerprint density at radius 2 is 1.95 bits per heavy atom. The van der Waals surface area contributed by atoms with Crippen LogP contribution in [0.4, 0.5) is 10.5 Å². The van der Waals surface area contributed by atoms with Gasteiger partial charge in [-0.25, -0.2) is 9.59 Å². The Hall–Kier alpha value is -2.11. The van der Waals surface area contributed by atoms with Crippen LogP contribution in [0.2, 0.25) is 0 Å². The molecule has 0 saturated carbocycles. The maximum absolute atomic E-state index is 11.8. The van der Waals surface area contributed by atoms with Gasteiger partial charge in [0.05, 0.1) is 17.4 Å². The number of carbonyl (C=O) groups excluding carboxylic acids is 1. The molecule has 116 valence electrons. The number of carboxylic acids is 1. The topological polar surface area (TPSA) is 91.3 Å². The summed E-state index contributed by atoms with van der Waals surface area (Å²) in [5, 5.41) is 14.3. The second-order valence-corrected chi connectivity index (χ2v) is 5.59. The van der Waals surface area contributed by atoms with Crippen molar-refractivity contribution in [2.75, 3.05) is 5.32 Å². The second-order valence-electron chi connectivity index (χ2n) is 5.59. The molecular weight excluding hydrogens is 270 g/mol. The van der Waals surface area contributed by atoms with Gasteiger partial charge in [-0.05, 0) is 25.3 Å². The van der Waals surface area contributed by atoms with Crippen molar-refractivity contribution in [3.63, 3.8) is 0 Å². The van der Waals surface area contributed by atoms with Gasteiger partial charge in [-0.3, -0.25) is 4.98 Å². The fraction of sp³-hybridized carbons (Fsp3) is 0.533. The first-order valence-corrected chi connectivity index (χ1v) is 7.14. The molecule has 2 amide bonds. The van der Waals surface area contributed by atoms with Crippen molar-refractivity contribution < 1.29 is 14.7 Å². The lowest BCUT2D eigenvalue weighted by Crippen LogP contribution is -2.36. The summed E-state index contributed by atoms with van der Waals surface area (Å²) in [7, 11) is 0. The van der Waals surface area contributed by atoms with Gasteiger partial charge in [0.1, 0.15) is 0 Å². The van der Waals surface area contributed by atoms with Crippen molar-refractivity contribution in [2.24, 2.45) is 5.92 Å². The van der Waals surface area contributed by atoms with E-state index in [0.29, 0.717) is 11.6 Å². The summed E-state index contributed by atoms with van der Waals surface area (Å²) in [5.41, 5.74) is 0.402. The highest BCUT2D eigenvalue weighted by Crippen LogP contribution is 2.10. The first-order chi connectivity index (χ1) is 9.88. The molecule has 0 aromatic carbocycles. The highest BCUT2D eigenvalue weighted by molar-refractivity contribution is 5.92. The summed E-state index contributed by atoms with van der Waals surface area (Å²) in [6, 6.07) is 1.09. The van der Waals surface area contributed by atoms with Gasteiger partial charge >= 0.3 is 12.0 Å². The summed E-state index contributed by atoms with van der Waals surface area (Å²) in [4.78, 5) is 26.4. The molecule has 1 aromatic heterocycles. The van der Waals surface area contributed by atoms with Crippen LogP contribution in [0.3, 0.4) is 0 Å². The Balaban J connectivity index is 2.42. The van der Waals surface area contributed by atoms with Crippen LogP contribution in [0.25, 0.3) is 0 Å². The molecule has 0 aliphatic heterocycles. The number of carboxylic acid groups (broad SMARTS) is 1. The van der Waals surface area contributed by atoms with E-state index in [9.17, 15) is 9.59 Å². The Bertz CT molecular complexity index is 489. The Labute approximate surface area is 125 Å². The third-order valence-electron chi connectivity index (χ3n) is 3.04. The number of pyridine rings is 1. The van der Waals surface area contributed by atoms with Crippen LogP contribution in [0.1, 0.15) is 50.4 Å². The van der Waals surface area contributed by atoms with E-state index in [-0.39, 0.29) is 17.6 Å². The summed E-state index contributed by atoms with van der Waals surface area (Å²) < 4.78 is 0. The molecule has 0 bridgehead atoms. The van der Waals surface area contributed by atoms with Gasteiger partial charge in [0, 0.05) is 12.2 Å². The summed E-state index contributed by atoms with van der Waals surface area (Å²) in [6.07, 6.45) is 5.77. The number of amides is 2. The minimum absolute atomic E-state index is 0.0396. The monoisotopic (exact) mass is 293 g/mol. The average Bonchev–Trinajstić information content (AvgIpc) is 2.38. The molecule has 0 spiro atoms. The van der Waals surface area contributed by atoms with Gasteiger partial charge in [-0.15, -0.1) is 0 Å². The third kappa shape index (κ3) is 6.74. The minimum Gasteiger partial charge on any atom is -0.478 e. The first kappa shape index (κ1) is 16.9. The SMILES string of the molecule is CC(C)CCCC(C)NC(=O)Nc1cncc(C(=O)O)c1. The van der Waals surface area contributed by atoms with Gasteiger partial charge in [0.2, 0.25) is 0 Å². The molecule has 1 unspecified atom stereocenters. The van der Waals surface area contributed by atoms with E-state index >= 15 is 0 Å². The van der Waals surface area contributed by atoms with Crippen LogP contribution < -0.4 is 10.6 Å². The number of rotatable bonds is 7. The zero-order valence-corrected chi connectivity index (χ0v) is 12.7. The number of anilines is 1. The maximum atomic E-state index is 11.8. The van der Waals surface area contributed by atoms with Crippen molar-refractivity contribution in [1.82, 2.24) is 10.3 Å². The van der Waals surface area contributed by atoms with Crippen molar-refractivity contribution >= 4 is 17.7 Å². The van der Waals surface area contributed by atoms with Gasteiger partial charge in [-0.1, -0.05) is 26.7 Å². The van der Waals surface area contributed by atoms with Crippen molar-refractivity contribution in [3.05, 3.63) is 24.0 Å². The molecule has 1 aromatic rings. The molecule has 0 radical (unpaired) electrons. The summed E-state index contributed by atoms with van der Waals surface area (Å²) in [6.45, 7) is 6.30. The average molecular weight is 293 g/mol. The molecule has 0 aliphatic rings. The number of nitrogens with zero attached hydrogens (tertiary/aromatic N) is 1. The van der Waals surface area contributed by atoms with Gasteiger partial charge in [-0.2, -0.15) is 0 Å². The van der Waals surface area contributed by atoms with Gasteiger partial charge < -0.3 is 15.7 Å². The van der Waals surface area contributed by atoms with E-state index in [4.69, 9.17) is 5.11 Å². The van der Waals surface area contributed by atoms with Crippen molar-refractivity contribution in [1.29, 1.82) is 0 Å². The van der Waals surface area contributed by atoms with E-state index in [1.54, 1.807) is 0 Å². The van der Waals surface area contributed by atoms with E-state index in [1.165, 1.54) is 18.5 Å². The lowest BCUT2D eigenvalue weighted by Gasteiger charge is -2.15. The maximum Gasteiger partial charge on any atom is 0.337 e. The molecular formula is C15H23N3O3. The van der Waals surface area contributed by atoms with Crippen LogP contribution in [0, 0.1) is 5.92 Å². The lowest BCUT2D eigenvalue weighted by molar-refractivity contribution is 0.0696. The van der Waals surface area contributed by atoms with Gasteiger partial charge in [0.15, 0.2) is 0 Å². The van der Waals surface area contributed by atoms with Crippen molar-refractivity contribution in [3.8, 4) is 0 Å². The summed E-state index contributed by atoms with van der Waals surface area (Å²) in [5.74, 6) is -0.413. The number of hydrogen-bond donors (Lipinski definition) is 3. The number of aromatic carboxylic acids is 1. The largest absolute Gasteiger partial charge is 0.478 e. The zero-order chi connectivity index (χ0) is 15.8. The molecule has 21 heavy (non-hydrogen) atoms. The normalized spacial score (nSPS) is 12.0. The fourth-order valence-corrected chi connectivity index (χ4v) is 1.92. The number of urea groups is 1. The lowest BCUT2D eigenvalue weighted by atomic mass is 10.0. The molecule has 0 fully saturated rings. The molecule has 6 heteroatoms. The number of nitrogens with one attached hydrogen (secondary N) is 2. The standard InChI is InChI=1S/C15H23N3O3/c1-10(2)5-4-6-11(3)17-15(21)18-13-7-12(14(19)20)8-16-9-13/h7-11H,4-6H2,1-3H3,(H,19,20)(H2,17,18,21). The molecule has 3 N–H and O–H groups in total. The van der Waals surface area contributed by atoms with E-state index in [0.717, 1.165) is 19.3 Å². The molecule has 1 rings (SSSR count). The number of carbonyl (C=O) groups is 2. The van der Waals surface area contributed by atoms with E-state index in [2.05, 4.69) is 29.5 Å². The van der Waals surface area contributed by atoms with E-state index < -0.39 is 5.97 Å². The quantitative estimate of drug-likeness (QED) is 0.720. The van der Waals surface area contributed by atoms with E-state index in [1.807, 2.05) is 6.92 Å². The molecule has 1 heterocycles. The Morgan fingerprint density at radius 3 is 2.57 bits per heavy atom.